The van der Waals surface area contributed by atoms with Gasteiger partial charge in [0.05, 0.1) is 11.6 Å². The average molecular weight is 318 g/mol. The third-order valence-electron chi connectivity index (χ3n) is 5.70. The molecule has 5 nitrogen and oxygen atoms in total. The van der Waals surface area contributed by atoms with Crippen LogP contribution in [0.5, 0.6) is 0 Å². The van der Waals surface area contributed by atoms with Crippen LogP contribution in [0.25, 0.3) is 0 Å². The molecule has 0 aromatic heterocycles. The summed E-state index contributed by atoms with van der Waals surface area (Å²) < 4.78 is 18.3. The van der Waals surface area contributed by atoms with E-state index in [4.69, 9.17) is 4.74 Å². The lowest BCUT2D eigenvalue weighted by molar-refractivity contribution is -0.168. The number of carbonyl (C=O) groups excluding carboxylic acids is 2. The van der Waals surface area contributed by atoms with Crippen LogP contribution in [0.4, 0.5) is 4.39 Å². The first-order valence-corrected chi connectivity index (χ1v) is 7.55. The summed E-state index contributed by atoms with van der Waals surface area (Å²) in [6.45, 7) is 5.61. The van der Waals surface area contributed by atoms with E-state index in [-0.39, 0.29) is 11.8 Å². The Morgan fingerprint density at radius 1 is 1.26 bits per heavy atom. The van der Waals surface area contributed by atoms with Crippen molar-refractivity contribution in [1.29, 1.82) is 0 Å². The Morgan fingerprint density at radius 2 is 1.91 bits per heavy atom. The predicted octanol–water partition coefficient (Wildman–Crippen LogP) is 2.40. The van der Waals surface area contributed by atoms with Crippen molar-refractivity contribution in [2.75, 3.05) is 0 Å². The Kier molecular flexibility index (Phi) is 3.32. The first-order valence-electron chi connectivity index (χ1n) is 7.55. The summed E-state index contributed by atoms with van der Waals surface area (Å²) >= 11 is 0. The van der Waals surface area contributed by atoms with Crippen molar-refractivity contribution in [3.63, 3.8) is 0 Å². The van der Waals surface area contributed by atoms with Crippen LogP contribution in [0, 0.1) is 16.6 Å². The number of fused-ring (bicyclic) bond motifs is 2. The van der Waals surface area contributed by atoms with Gasteiger partial charge in [-0.15, -0.1) is 0 Å². The quantitative estimate of drug-likeness (QED) is 0.528. The molecule has 23 heavy (non-hydrogen) atoms. The van der Waals surface area contributed by atoms with Crippen molar-refractivity contribution in [3.05, 3.63) is 35.6 Å². The average Bonchev–Trinajstić information content (AvgIpc) is 2.79. The van der Waals surface area contributed by atoms with E-state index in [1.165, 1.54) is 18.3 Å². The van der Waals surface area contributed by atoms with E-state index in [0.29, 0.717) is 18.4 Å². The number of amides is 1. The zero-order valence-electron chi connectivity index (χ0n) is 13.4. The largest absolute Gasteiger partial charge is 0.448 e. The molecular formula is C17H19FN2O3. The smallest absolute Gasteiger partial charge is 0.313 e. The maximum absolute atomic E-state index is 12.8. The summed E-state index contributed by atoms with van der Waals surface area (Å²) in [6.07, 6.45) is 2.53. The third-order valence-corrected chi connectivity index (χ3v) is 5.70. The number of carbonyl (C=O) groups is 2. The van der Waals surface area contributed by atoms with Crippen molar-refractivity contribution in [1.82, 2.24) is 5.43 Å². The summed E-state index contributed by atoms with van der Waals surface area (Å²) in [7, 11) is 0. The summed E-state index contributed by atoms with van der Waals surface area (Å²) in [5.41, 5.74) is 0.681. The topological polar surface area (TPSA) is 67.8 Å². The van der Waals surface area contributed by atoms with Crippen LogP contribution >= 0.6 is 0 Å². The summed E-state index contributed by atoms with van der Waals surface area (Å²) in [5.74, 6) is -1.09. The second kappa shape index (κ2) is 4.88. The van der Waals surface area contributed by atoms with Gasteiger partial charge in [0.15, 0.2) is 5.60 Å². The fourth-order valence-electron chi connectivity index (χ4n) is 3.55. The fourth-order valence-corrected chi connectivity index (χ4v) is 3.55. The first-order chi connectivity index (χ1) is 10.7. The van der Waals surface area contributed by atoms with Gasteiger partial charge in [-0.3, -0.25) is 9.59 Å². The molecule has 0 radical (unpaired) electrons. The minimum absolute atomic E-state index is 0.327. The zero-order valence-corrected chi connectivity index (χ0v) is 13.4. The second-order valence-electron chi connectivity index (χ2n) is 6.92. The van der Waals surface area contributed by atoms with Gasteiger partial charge in [-0.2, -0.15) is 5.10 Å². The molecule has 1 aromatic carbocycles. The molecule has 1 heterocycles. The molecule has 1 N–H and O–H groups in total. The molecule has 2 aliphatic rings. The third kappa shape index (κ3) is 2.00. The molecule has 1 saturated carbocycles. The Hall–Kier alpha value is -2.24. The van der Waals surface area contributed by atoms with Gasteiger partial charge in [0.2, 0.25) is 0 Å². The van der Waals surface area contributed by atoms with Crippen LogP contribution < -0.4 is 5.43 Å². The Bertz CT molecular complexity index is 698. The van der Waals surface area contributed by atoms with E-state index in [1.54, 1.807) is 12.1 Å². The normalized spacial score (nSPS) is 31.4. The lowest BCUT2D eigenvalue weighted by Gasteiger charge is -2.34. The number of hydrazone groups is 1. The van der Waals surface area contributed by atoms with Crippen LogP contribution in [0.2, 0.25) is 0 Å². The number of nitrogens with zero attached hydrogens (tertiary/aromatic N) is 1. The summed E-state index contributed by atoms with van der Waals surface area (Å²) in [5, 5.41) is 3.90. The van der Waals surface area contributed by atoms with Gasteiger partial charge >= 0.3 is 5.97 Å². The van der Waals surface area contributed by atoms with E-state index >= 15 is 0 Å². The molecule has 3 rings (SSSR count). The maximum atomic E-state index is 12.8. The minimum Gasteiger partial charge on any atom is -0.448 e. The van der Waals surface area contributed by atoms with Crippen LogP contribution in [-0.4, -0.2) is 23.7 Å². The van der Waals surface area contributed by atoms with E-state index < -0.39 is 22.3 Å². The molecule has 6 heteroatoms. The van der Waals surface area contributed by atoms with Crippen molar-refractivity contribution >= 4 is 18.1 Å². The maximum Gasteiger partial charge on any atom is 0.313 e. The predicted molar refractivity (Wildman–Crippen MR) is 82.1 cm³/mol. The molecule has 2 atom stereocenters. The van der Waals surface area contributed by atoms with Crippen LogP contribution in [0.1, 0.15) is 39.2 Å². The van der Waals surface area contributed by atoms with Crippen molar-refractivity contribution < 1.29 is 18.7 Å². The van der Waals surface area contributed by atoms with Gasteiger partial charge in [-0.25, -0.2) is 9.82 Å². The van der Waals surface area contributed by atoms with Gasteiger partial charge in [0.25, 0.3) is 5.91 Å². The number of ether oxygens (including phenoxy) is 1. The molecule has 0 spiro atoms. The lowest BCUT2D eigenvalue weighted by atomic mass is 9.66. The number of benzene rings is 1. The summed E-state index contributed by atoms with van der Waals surface area (Å²) in [4.78, 5) is 24.7. The molecule has 2 bridgehead atoms. The van der Waals surface area contributed by atoms with Gasteiger partial charge in [0.1, 0.15) is 5.82 Å². The number of hydrogen-bond acceptors (Lipinski definition) is 4. The van der Waals surface area contributed by atoms with Crippen molar-refractivity contribution in [2.45, 2.75) is 39.2 Å². The molecular weight excluding hydrogens is 299 g/mol. The van der Waals surface area contributed by atoms with E-state index in [0.717, 1.165) is 0 Å². The van der Waals surface area contributed by atoms with Crippen LogP contribution in [0.3, 0.4) is 0 Å². The highest BCUT2D eigenvalue weighted by atomic mass is 19.1. The number of rotatable bonds is 3. The van der Waals surface area contributed by atoms with Gasteiger partial charge < -0.3 is 4.74 Å². The van der Waals surface area contributed by atoms with Crippen LogP contribution in [0.15, 0.2) is 29.4 Å². The number of hydrogen-bond donors (Lipinski definition) is 1. The lowest BCUT2D eigenvalue weighted by Crippen LogP contribution is -2.52. The van der Waals surface area contributed by atoms with E-state index in [1.807, 2.05) is 20.8 Å². The first kappa shape index (κ1) is 15.6. The van der Waals surface area contributed by atoms with Crippen LogP contribution in [-0.2, 0) is 14.3 Å². The molecule has 1 aromatic rings. The fraction of sp³-hybridized carbons (Fsp3) is 0.471. The number of esters is 1. The molecule has 1 aliphatic carbocycles. The molecule has 2 unspecified atom stereocenters. The Morgan fingerprint density at radius 3 is 2.43 bits per heavy atom. The van der Waals surface area contributed by atoms with Gasteiger partial charge in [-0.05, 0) is 37.5 Å². The van der Waals surface area contributed by atoms with E-state index in [2.05, 4.69) is 10.5 Å². The minimum atomic E-state index is -1.18. The Labute approximate surface area is 133 Å². The van der Waals surface area contributed by atoms with Crippen molar-refractivity contribution in [2.24, 2.45) is 15.9 Å². The van der Waals surface area contributed by atoms with E-state index in [9.17, 15) is 14.0 Å². The van der Waals surface area contributed by atoms with Crippen molar-refractivity contribution in [3.8, 4) is 0 Å². The summed E-state index contributed by atoms with van der Waals surface area (Å²) in [6, 6.07) is 5.73. The van der Waals surface area contributed by atoms with Gasteiger partial charge in [0, 0.05) is 5.41 Å². The highest BCUT2D eigenvalue weighted by Crippen LogP contribution is 2.65. The highest BCUT2D eigenvalue weighted by molar-refractivity contribution is 5.96. The Balaban J connectivity index is 1.76. The monoisotopic (exact) mass is 318 g/mol. The standard InChI is InChI=1S/C17H19FN2O3/c1-15(2)16(3)8-9-17(15,23-14(16)22)13(21)20-19-10-11-4-6-12(18)7-5-11/h4-7,10H,8-9H2,1-3H3,(H,20,21). The molecule has 122 valence electrons. The SMILES string of the molecule is CC12CCC(C(=O)NN=Cc3ccc(F)cc3)(OC1=O)C2(C)C. The second-order valence-corrected chi connectivity index (χ2v) is 6.92. The zero-order chi connectivity index (χ0) is 16.9. The number of nitrogens with one attached hydrogen (secondary N) is 1. The number of halogens is 1. The molecule has 1 saturated heterocycles. The van der Waals surface area contributed by atoms with Gasteiger partial charge in [-0.1, -0.05) is 26.0 Å². The molecule has 1 aliphatic heterocycles. The molecule has 1 amide bonds. The molecule has 2 fully saturated rings. The highest BCUT2D eigenvalue weighted by Gasteiger charge is 2.75.